The Hall–Kier alpha value is -2.91. The van der Waals surface area contributed by atoms with E-state index < -0.39 is 0 Å². The van der Waals surface area contributed by atoms with Gasteiger partial charge in [0, 0.05) is 34.2 Å². The Kier molecular flexibility index (Phi) is 4.94. The number of thiophene rings is 1. The number of ether oxygens (including phenoxy) is 1. The van der Waals surface area contributed by atoms with Crippen molar-refractivity contribution in [2.24, 2.45) is 0 Å². The van der Waals surface area contributed by atoms with E-state index in [0.717, 1.165) is 48.2 Å². The van der Waals surface area contributed by atoms with E-state index in [4.69, 9.17) is 10.5 Å². The highest BCUT2D eigenvalue weighted by Crippen LogP contribution is 2.44. The molecule has 5 rings (SSSR count). The highest BCUT2D eigenvalue weighted by Gasteiger charge is 2.29. The number of hydrogen-bond donors (Lipinski definition) is 1. The highest BCUT2D eigenvalue weighted by molar-refractivity contribution is 9.10. The van der Waals surface area contributed by atoms with Gasteiger partial charge in [0.05, 0.1) is 23.2 Å². The molecule has 3 aromatic heterocycles. The van der Waals surface area contributed by atoms with Crippen LogP contribution in [-0.4, -0.2) is 45.5 Å². The lowest BCUT2D eigenvalue weighted by Crippen LogP contribution is -2.27. The molecule has 7 nitrogen and oxygen atoms in total. The topological polar surface area (TPSA) is 86.3 Å². The average Bonchev–Trinajstić information content (AvgIpc) is 3.48. The highest BCUT2D eigenvalue weighted by atomic mass is 79.9. The van der Waals surface area contributed by atoms with Crippen LogP contribution in [0.15, 0.2) is 47.9 Å². The molecule has 1 amide bonds. The maximum atomic E-state index is 12.1. The lowest BCUT2D eigenvalue weighted by Gasteiger charge is -2.15. The van der Waals surface area contributed by atoms with Crippen LogP contribution in [0.5, 0.6) is 5.75 Å². The minimum atomic E-state index is -0.0458. The summed E-state index contributed by atoms with van der Waals surface area (Å²) in [5.41, 5.74) is 8.08. The Morgan fingerprint density at radius 2 is 2.23 bits per heavy atom. The van der Waals surface area contributed by atoms with Gasteiger partial charge in [0.1, 0.15) is 23.5 Å². The van der Waals surface area contributed by atoms with Gasteiger partial charge in [-0.3, -0.25) is 4.79 Å². The zero-order valence-corrected chi connectivity index (χ0v) is 19.2. The number of amides is 1. The molecule has 31 heavy (non-hydrogen) atoms. The van der Waals surface area contributed by atoms with E-state index in [2.05, 4.69) is 55.4 Å². The molecule has 4 aromatic rings. The molecule has 9 heteroatoms. The summed E-state index contributed by atoms with van der Waals surface area (Å²) in [4.78, 5) is 23.7. The van der Waals surface area contributed by atoms with Crippen molar-refractivity contribution in [1.82, 2.24) is 19.4 Å². The molecule has 0 radical (unpaired) electrons. The van der Waals surface area contributed by atoms with Crippen molar-refractivity contribution in [1.29, 1.82) is 0 Å². The van der Waals surface area contributed by atoms with E-state index >= 15 is 0 Å². The first-order valence-electron chi connectivity index (χ1n) is 9.80. The molecule has 0 spiro atoms. The maximum absolute atomic E-state index is 12.1. The van der Waals surface area contributed by atoms with Gasteiger partial charge in [0.15, 0.2) is 0 Å². The first kappa shape index (κ1) is 20.0. The summed E-state index contributed by atoms with van der Waals surface area (Å²) in [6.45, 7) is 4.91. The number of likely N-dealkylation sites (tertiary alicyclic amines) is 1. The van der Waals surface area contributed by atoms with Crippen LogP contribution in [0.3, 0.4) is 0 Å². The van der Waals surface area contributed by atoms with Crippen LogP contribution in [0, 0.1) is 0 Å². The van der Waals surface area contributed by atoms with E-state index in [1.54, 1.807) is 18.4 Å². The largest absolute Gasteiger partial charge is 0.495 e. The second-order valence-corrected chi connectivity index (χ2v) is 9.44. The number of carbonyl (C=O) groups excluding carboxylic acids is 1. The molecular formula is C22H20BrN5O2S. The van der Waals surface area contributed by atoms with E-state index in [1.807, 2.05) is 11.0 Å². The van der Waals surface area contributed by atoms with Crippen LogP contribution < -0.4 is 10.5 Å². The van der Waals surface area contributed by atoms with E-state index in [0.29, 0.717) is 18.9 Å². The minimum absolute atomic E-state index is 0.0458. The summed E-state index contributed by atoms with van der Waals surface area (Å²) in [5, 5.41) is 1.92. The summed E-state index contributed by atoms with van der Waals surface area (Å²) in [7, 11) is 1.68. The van der Waals surface area contributed by atoms with Crippen LogP contribution >= 0.6 is 27.3 Å². The van der Waals surface area contributed by atoms with Crippen molar-refractivity contribution in [2.75, 3.05) is 25.9 Å². The second-order valence-electron chi connectivity index (χ2n) is 7.48. The Balaban J connectivity index is 1.66. The summed E-state index contributed by atoms with van der Waals surface area (Å²) in [6.07, 6.45) is 5.80. The van der Waals surface area contributed by atoms with Gasteiger partial charge in [-0.15, -0.1) is 11.3 Å². The SMILES string of the molecule is C=CC(=O)N1CCC(n2cc(-c3cc4cc(Br)cc(OC)c4s3)c3c(N)ncnc32)C1. The summed E-state index contributed by atoms with van der Waals surface area (Å²) in [5.74, 6) is 1.22. The lowest BCUT2D eigenvalue weighted by atomic mass is 10.1. The number of methoxy groups -OCH3 is 1. The van der Waals surface area contributed by atoms with Crippen molar-refractivity contribution >= 4 is 60.1 Å². The van der Waals surface area contributed by atoms with E-state index in [9.17, 15) is 4.79 Å². The molecule has 1 aliphatic heterocycles. The first-order chi connectivity index (χ1) is 15.0. The van der Waals surface area contributed by atoms with E-state index in [-0.39, 0.29) is 11.9 Å². The third-order valence-electron chi connectivity index (χ3n) is 5.71. The lowest BCUT2D eigenvalue weighted by molar-refractivity contribution is -0.125. The second kappa shape index (κ2) is 7.65. The Labute approximate surface area is 191 Å². The van der Waals surface area contributed by atoms with E-state index in [1.165, 1.54) is 12.4 Å². The van der Waals surface area contributed by atoms with Gasteiger partial charge in [-0.2, -0.15) is 0 Å². The number of nitrogen functional groups attached to an aromatic ring is 1. The molecule has 0 bridgehead atoms. The molecule has 1 atom stereocenters. The average molecular weight is 498 g/mol. The number of aromatic nitrogens is 3. The molecule has 1 saturated heterocycles. The van der Waals surface area contributed by atoms with Gasteiger partial charge < -0.3 is 19.9 Å². The van der Waals surface area contributed by atoms with Crippen molar-refractivity contribution in [3.8, 4) is 16.2 Å². The molecule has 2 N–H and O–H groups in total. The van der Waals surface area contributed by atoms with Crippen LogP contribution in [0.1, 0.15) is 12.5 Å². The van der Waals surface area contributed by atoms with Gasteiger partial charge in [0.2, 0.25) is 5.91 Å². The first-order valence-corrected chi connectivity index (χ1v) is 11.4. The van der Waals surface area contributed by atoms with Crippen molar-refractivity contribution in [3.63, 3.8) is 0 Å². The summed E-state index contributed by atoms with van der Waals surface area (Å²) in [6, 6.07) is 6.30. The van der Waals surface area contributed by atoms with Crippen LogP contribution in [0.2, 0.25) is 0 Å². The third-order valence-corrected chi connectivity index (χ3v) is 7.37. The quantitative estimate of drug-likeness (QED) is 0.415. The number of carbonyl (C=O) groups is 1. The number of nitrogens with zero attached hydrogens (tertiary/aromatic N) is 4. The third kappa shape index (κ3) is 3.28. The van der Waals surface area contributed by atoms with Crippen LogP contribution in [0.4, 0.5) is 5.82 Å². The Morgan fingerprint density at radius 3 is 3.00 bits per heavy atom. The smallest absolute Gasteiger partial charge is 0.246 e. The number of anilines is 1. The van der Waals surface area contributed by atoms with Gasteiger partial charge in [-0.05, 0) is 36.1 Å². The molecule has 4 heterocycles. The number of benzene rings is 1. The fourth-order valence-electron chi connectivity index (χ4n) is 4.24. The maximum Gasteiger partial charge on any atom is 0.246 e. The minimum Gasteiger partial charge on any atom is -0.495 e. The summed E-state index contributed by atoms with van der Waals surface area (Å²) < 4.78 is 9.75. The molecule has 1 fully saturated rings. The number of halogens is 1. The molecule has 1 aromatic carbocycles. The number of rotatable bonds is 4. The molecule has 158 valence electrons. The van der Waals surface area contributed by atoms with Crippen molar-refractivity contribution < 1.29 is 9.53 Å². The monoisotopic (exact) mass is 497 g/mol. The molecule has 1 unspecified atom stereocenters. The van der Waals surface area contributed by atoms with Gasteiger partial charge in [-0.25, -0.2) is 9.97 Å². The standard InChI is InChI=1S/C22H20BrN5O2S/c1-3-18(29)27-5-4-14(9-27)28-10-15(19-21(24)25-11-26-22(19)28)17-7-12-6-13(23)8-16(30-2)20(12)31-17/h3,6-8,10-11,14H,1,4-5,9H2,2H3,(H2,24,25,26). The normalized spacial score (nSPS) is 16.3. The molecule has 1 aliphatic rings. The fourth-order valence-corrected chi connectivity index (χ4v) is 5.85. The van der Waals surface area contributed by atoms with Crippen molar-refractivity contribution in [2.45, 2.75) is 12.5 Å². The predicted octanol–water partition coefficient (Wildman–Crippen LogP) is 4.63. The van der Waals surface area contributed by atoms with Gasteiger partial charge >= 0.3 is 0 Å². The number of hydrogen-bond acceptors (Lipinski definition) is 6. The van der Waals surface area contributed by atoms with Gasteiger partial charge in [-0.1, -0.05) is 22.5 Å². The van der Waals surface area contributed by atoms with Crippen LogP contribution in [-0.2, 0) is 4.79 Å². The zero-order valence-electron chi connectivity index (χ0n) is 16.8. The molecule has 0 saturated carbocycles. The summed E-state index contributed by atoms with van der Waals surface area (Å²) >= 11 is 5.20. The zero-order chi connectivity index (χ0) is 21.7. The molecule has 0 aliphatic carbocycles. The number of nitrogens with two attached hydrogens (primary N) is 1. The van der Waals surface area contributed by atoms with Crippen LogP contribution in [0.25, 0.3) is 31.6 Å². The fraction of sp³-hybridized carbons (Fsp3) is 0.227. The van der Waals surface area contributed by atoms with Gasteiger partial charge in [0.25, 0.3) is 0 Å². The molecular weight excluding hydrogens is 478 g/mol. The number of fused-ring (bicyclic) bond motifs is 2. The predicted molar refractivity (Wildman–Crippen MR) is 127 cm³/mol. The Morgan fingerprint density at radius 1 is 1.39 bits per heavy atom. The van der Waals surface area contributed by atoms with Crippen molar-refractivity contribution in [3.05, 3.63) is 47.9 Å². The Bertz CT molecular complexity index is 1340.